The van der Waals surface area contributed by atoms with Crippen molar-refractivity contribution in [3.63, 3.8) is 0 Å². The number of Topliss-reactive ketones (excluding diaryl/α,β-unsaturated/α-hetero) is 1. The topological polar surface area (TPSA) is 122 Å². The van der Waals surface area contributed by atoms with E-state index in [-0.39, 0.29) is 29.8 Å². The van der Waals surface area contributed by atoms with E-state index < -0.39 is 35.6 Å². The molecular formula is C30H41NO7. The number of nitrogens with zero attached hydrogens (tertiary/aromatic N) is 1. The molecule has 0 bridgehead atoms. The van der Waals surface area contributed by atoms with Crippen molar-refractivity contribution in [2.45, 2.75) is 103 Å². The standard InChI is InChI=1S/C30H41NO7/c1-7-9-20-27(34)17(2)10-8-13-30(6)25(38-30)15-23(19-11-12-22-21(14-19)31-18(3)36-22)37-26(33)16-24(32)29(4,5)28(20)35/h7,11-12,14,17,20,23-25,27,32,34H,1,8-10,13,15-16H2,2-6H3/t17-,20+,23-,24-,25-,27-,30+/m0/s1. The molecule has 7 atom stereocenters. The number of esters is 1. The zero-order valence-corrected chi connectivity index (χ0v) is 23.1. The predicted molar refractivity (Wildman–Crippen MR) is 142 cm³/mol. The van der Waals surface area contributed by atoms with E-state index in [0.717, 1.165) is 24.8 Å². The molecule has 2 aliphatic rings. The molecule has 2 saturated heterocycles. The Morgan fingerprint density at radius 3 is 2.66 bits per heavy atom. The third kappa shape index (κ3) is 5.87. The van der Waals surface area contributed by atoms with E-state index in [9.17, 15) is 19.8 Å². The molecule has 38 heavy (non-hydrogen) atoms. The highest BCUT2D eigenvalue weighted by molar-refractivity contribution is 5.88. The number of hydrogen-bond acceptors (Lipinski definition) is 8. The molecule has 0 aliphatic carbocycles. The molecule has 0 unspecified atom stereocenters. The van der Waals surface area contributed by atoms with E-state index in [1.54, 1.807) is 26.8 Å². The number of benzene rings is 1. The summed E-state index contributed by atoms with van der Waals surface area (Å²) < 4.78 is 17.6. The van der Waals surface area contributed by atoms with Gasteiger partial charge in [-0.15, -0.1) is 6.58 Å². The van der Waals surface area contributed by atoms with Gasteiger partial charge in [0.25, 0.3) is 0 Å². The van der Waals surface area contributed by atoms with Gasteiger partial charge in [-0.05, 0) is 49.8 Å². The zero-order chi connectivity index (χ0) is 27.8. The SMILES string of the molecule is C=CC[C@H]1C(=O)C(C)(C)[C@@H](O)CC(=O)O[C@H](c2ccc3oc(C)nc3c2)C[C@@H]2O[C@]2(C)CCC[C@H](C)[C@@H]1O. The van der Waals surface area contributed by atoms with Gasteiger partial charge in [0.05, 0.1) is 35.7 Å². The number of fused-ring (bicyclic) bond motifs is 2. The van der Waals surface area contributed by atoms with Crippen LogP contribution in [0.25, 0.3) is 11.1 Å². The number of epoxide rings is 1. The maximum absolute atomic E-state index is 13.6. The molecule has 3 heterocycles. The number of aromatic nitrogens is 1. The van der Waals surface area contributed by atoms with Crippen LogP contribution in [0.1, 0.15) is 83.8 Å². The van der Waals surface area contributed by atoms with E-state index >= 15 is 0 Å². The van der Waals surface area contributed by atoms with Gasteiger partial charge in [0.1, 0.15) is 17.4 Å². The number of carbonyl (C=O) groups is 2. The molecule has 0 saturated carbocycles. The monoisotopic (exact) mass is 527 g/mol. The zero-order valence-electron chi connectivity index (χ0n) is 23.1. The molecule has 0 spiro atoms. The Morgan fingerprint density at radius 2 is 1.95 bits per heavy atom. The van der Waals surface area contributed by atoms with Gasteiger partial charge in [0, 0.05) is 19.3 Å². The van der Waals surface area contributed by atoms with Crippen molar-refractivity contribution < 1.29 is 33.7 Å². The highest BCUT2D eigenvalue weighted by Gasteiger charge is 2.53. The number of ketones is 1. The summed E-state index contributed by atoms with van der Waals surface area (Å²) in [7, 11) is 0. The lowest BCUT2D eigenvalue weighted by Gasteiger charge is -2.35. The second-order valence-electron chi connectivity index (χ2n) is 11.9. The van der Waals surface area contributed by atoms with Gasteiger partial charge in [0.15, 0.2) is 11.5 Å². The predicted octanol–water partition coefficient (Wildman–Crippen LogP) is 4.99. The van der Waals surface area contributed by atoms with Gasteiger partial charge < -0.3 is 24.1 Å². The molecular weight excluding hydrogens is 486 g/mol. The minimum atomic E-state index is -1.28. The van der Waals surface area contributed by atoms with Gasteiger partial charge in [0.2, 0.25) is 0 Å². The molecule has 0 radical (unpaired) electrons. The van der Waals surface area contributed by atoms with E-state index in [0.29, 0.717) is 29.8 Å². The van der Waals surface area contributed by atoms with E-state index in [4.69, 9.17) is 13.9 Å². The molecule has 8 heteroatoms. The fourth-order valence-electron chi connectivity index (χ4n) is 5.70. The van der Waals surface area contributed by atoms with Crippen LogP contribution in [0.5, 0.6) is 0 Å². The van der Waals surface area contributed by atoms with Crippen LogP contribution in [0.15, 0.2) is 35.3 Å². The van der Waals surface area contributed by atoms with E-state index in [1.165, 1.54) is 0 Å². The molecule has 2 aliphatic heterocycles. The van der Waals surface area contributed by atoms with Crippen LogP contribution in [0.3, 0.4) is 0 Å². The maximum atomic E-state index is 13.6. The summed E-state index contributed by atoms with van der Waals surface area (Å²) in [5.74, 6) is -1.19. The first-order chi connectivity index (χ1) is 17.9. The number of allylic oxidation sites excluding steroid dienone is 1. The van der Waals surface area contributed by atoms with Gasteiger partial charge in [-0.1, -0.05) is 39.3 Å². The Kier molecular flexibility index (Phi) is 8.17. The lowest BCUT2D eigenvalue weighted by atomic mass is 9.71. The van der Waals surface area contributed by atoms with Crippen molar-refractivity contribution >= 4 is 22.9 Å². The summed E-state index contributed by atoms with van der Waals surface area (Å²) in [6.07, 6.45) is 1.50. The summed E-state index contributed by atoms with van der Waals surface area (Å²) in [6.45, 7) is 12.8. The number of cyclic esters (lactones) is 1. The quantitative estimate of drug-likeness (QED) is 0.325. The highest BCUT2D eigenvalue weighted by Crippen LogP contribution is 2.47. The van der Waals surface area contributed by atoms with E-state index in [2.05, 4.69) is 18.5 Å². The third-order valence-electron chi connectivity index (χ3n) is 8.54. The molecule has 1 aromatic heterocycles. The minimum Gasteiger partial charge on any atom is -0.457 e. The molecule has 4 rings (SSSR count). The second kappa shape index (κ2) is 10.9. The summed E-state index contributed by atoms with van der Waals surface area (Å²) in [4.78, 5) is 31.1. The van der Waals surface area contributed by atoms with Crippen LogP contribution in [0.4, 0.5) is 0 Å². The maximum Gasteiger partial charge on any atom is 0.309 e. The number of ether oxygens (including phenoxy) is 2. The van der Waals surface area contributed by atoms with Crippen molar-refractivity contribution in [1.82, 2.24) is 4.98 Å². The number of oxazole rings is 1. The van der Waals surface area contributed by atoms with Crippen molar-refractivity contribution in [2.75, 3.05) is 0 Å². The Balaban J connectivity index is 1.63. The van der Waals surface area contributed by atoms with Crippen LogP contribution in [0, 0.1) is 24.2 Å². The fraction of sp³-hybridized carbons (Fsp3) is 0.633. The lowest BCUT2D eigenvalue weighted by molar-refractivity contribution is -0.156. The van der Waals surface area contributed by atoms with Crippen LogP contribution < -0.4 is 0 Å². The summed E-state index contributed by atoms with van der Waals surface area (Å²) in [6, 6.07) is 5.53. The summed E-state index contributed by atoms with van der Waals surface area (Å²) >= 11 is 0. The first kappa shape index (κ1) is 28.5. The number of aliphatic hydroxyl groups excluding tert-OH is 2. The first-order valence-electron chi connectivity index (χ1n) is 13.6. The molecule has 208 valence electrons. The molecule has 2 N–H and O–H groups in total. The number of carbonyl (C=O) groups excluding carboxylic acids is 2. The Labute approximate surface area is 224 Å². The molecule has 0 amide bonds. The summed E-state index contributed by atoms with van der Waals surface area (Å²) in [5, 5.41) is 22.2. The van der Waals surface area contributed by atoms with Crippen molar-refractivity contribution in [1.29, 1.82) is 0 Å². The number of hydrogen-bond donors (Lipinski definition) is 2. The minimum absolute atomic E-state index is 0.0976. The van der Waals surface area contributed by atoms with Gasteiger partial charge in [-0.3, -0.25) is 9.59 Å². The van der Waals surface area contributed by atoms with Crippen molar-refractivity contribution in [2.24, 2.45) is 17.3 Å². The highest BCUT2D eigenvalue weighted by atomic mass is 16.6. The fourth-order valence-corrected chi connectivity index (χ4v) is 5.70. The molecule has 8 nitrogen and oxygen atoms in total. The number of aryl methyl sites for hydroxylation is 1. The summed E-state index contributed by atoms with van der Waals surface area (Å²) in [5.41, 5.74) is 0.481. The van der Waals surface area contributed by atoms with Crippen LogP contribution in [-0.2, 0) is 19.1 Å². The molecule has 2 aromatic rings. The van der Waals surface area contributed by atoms with Crippen LogP contribution in [-0.4, -0.2) is 50.9 Å². The molecule has 1 aromatic carbocycles. The normalized spacial score (nSPS) is 34.9. The van der Waals surface area contributed by atoms with Gasteiger partial charge in [-0.25, -0.2) is 4.98 Å². The van der Waals surface area contributed by atoms with Gasteiger partial charge in [-0.2, -0.15) is 0 Å². The average Bonchev–Trinajstić information content (AvgIpc) is 3.32. The third-order valence-corrected chi connectivity index (χ3v) is 8.54. The second-order valence-corrected chi connectivity index (χ2v) is 11.9. The Bertz CT molecular complexity index is 1190. The first-order valence-corrected chi connectivity index (χ1v) is 13.6. The van der Waals surface area contributed by atoms with Crippen molar-refractivity contribution in [3.8, 4) is 0 Å². The average molecular weight is 528 g/mol. The smallest absolute Gasteiger partial charge is 0.309 e. The van der Waals surface area contributed by atoms with Crippen LogP contribution >= 0.6 is 0 Å². The number of rotatable bonds is 3. The molecule has 2 fully saturated rings. The van der Waals surface area contributed by atoms with Crippen molar-refractivity contribution in [3.05, 3.63) is 42.3 Å². The lowest BCUT2D eigenvalue weighted by Crippen LogP contribution is -2.46. The Hall–Kier alpha value is -2.55. The van der Waals surface area contributed by atoms with Crippen LogP contribution in [0.2, 0.25) is 0 Å². The van der Waals surface area contributed by atoms with Gasteiger partial charge >= 0.3 is 5.97 Å². The Morgan fingerprint density at radius 1 is 1.21 bits per heavy atom. The van der Waals surface area contributed by atoms with E-state index in [1.807, 2.05) is 25.1 Å². The number of aliphatic hydroxyl groups is 2. The largest absolute Gasteiger partial charge is 0.457 e.